The monoisotopic (exact) mass is 444 g/mol. The van der Waals surface area contributed by atoms with E-state index in [1.54, 1.807) is 11.0 Å². The lowest BCUT2D eigenvalue weighted by Crippen LogP contribution is -2.53. The zero-order valence-electron chi connectivity index (χ0n) is 18.9. The largest absolute Gasteiger partial charge is 0.494 e. The minimum Gasteiger partial charge on any atom is -0.494 e. The summed E-state index contributed by atoms with van der Waals surface area (Å²) in [5, 5.41) is 3.59. The first-order chi connectivity index (χ1) is 14.7. The van der Waals surface area contributed by atoms with Crippen LogP contribution in [0.3, 0.4) is 0 Å². The standard InChI is InChI=1S/C25H33ClN2O3/c1-5-22(24(30)27-25(2,3)4)28(18-19-12-9-10-15-21(19)26)23(29)16-11-17-31-20-13-7-6-8-14-20/h6-10,12-15,22H,5,11,16-18H2,1-4H3,(H,27,30)/t22-/m1/s1. The minimum absolute atomic E-state index is 0.0903. The van der Waals surface area contributed by atoms with E-state index in [2.05, 4.69) is 5.32 Å². The molecule has 168 valence electrons. The summed E-state index contributed by atoms with van der Waals surface area (Å²) in [5.41, 5.74) is 0.438. The van der Waals surface area contributed by atoms with Crippen molar-refractivity contribution < 1.29 is 14.3 Å². The second-order valence-corrected chi connectivity index (χ2v) is 8.95. The summed E-state index contributed by atoms with van der Waals surface area (Å²) in [5.74, 6) is 0.530. The van der Waals surface area contributed by atoms with Crippen molar-refractivity contribution in [3.63, 3.8) is 0 Å². The van der Waals surface area contributed by atoms with Gasteiger partial charge in [0, 0.05) is 23.5 Å². The predicted octanol–water partition coefficient (Wildman–Crippen LogP) is 5.22. The molecule has 0 heterocycles. The molecular formula is C25H33ClN2O3. The van der Waals surface area contributed by atoms with Crippen LogP contribution in [-0.4, -0.2) is 34.9 Å². The molecule has 1 N–H and O–H groups in total. The lowest BCUT2D eigenvalue weighted by molar-refractivity contribution is -0.142. The lowest BCUT2D eigenvalue weighted by Gasteiger charge is -2.33. The van der Waals surface area contributed by atoms with Gasteiger partial charge in [0.25, 0.3) is 0 Å². The topological polar surface area (TPSA) is 58.6 Å². The molecule has 0 bridgehead atoms. The maximum Gasteiger partial charge on any atom is 0.243 e. The SMILES string of the molecule is CC[C@H](C(=O)NC(C)(C)C)N(Cc1ccccc1Cl)C(=O)CCCOc1ccccc1. The van der Waals surface area contributed by atoms with Gasteiger partial charge in [0.1, 0.15) is 11.8 Å². The van der Waals surface area contributed by atoms with E-state index in [1.165, 1.54) is 0 Å². The predicted molar refractivity (Wildman–Crippen MR) is 125 cm³/mol. The van der Waals surface area contributed by atoms with Crippen molar-refractivity contribution in [2.45, 2.75) is 65.1 Å². The summed E-state index contributed by atoms with van der Waals surface area (Å²) in [6.07, 6.45) is 1.36. The maximum atomic E-state index is 13.2. The van der Waals surface area contributed by atoms with Gasteiger partial charge in [-0.05, 0) is 57.4 Å². The quantitative estimate of drug-likeness (QED) is 0.511. The van der Waals surface area contributed by atoms with Gasteiger partial charge in [0.05, 0.1) is 6.61 Å². The van der Waals surface area contributed by atoms with Crippen LogP contribution in [0, 0.1) is 0 Å². The molecular weight excluding hydrogens is 412 g/mol. The van der Waals surface area contributed by atoms with Crippen molar-refractivity contribution in [3.8, 4) is 5.75 Å². The number of benzene rings is 2. The van der Waals surface area contributed by atoms with E-state index in [4.69, 9.17) is 16.3 Å². The number of hydrogen-bond acceptors (Lipinski definition) is 3. The normalized spacial score (nSPS) is 12.2. The van der Waals surface area contributed by atoms with Crippen LogP contribution in [-0.2, 0) is 16.1 Å². The highest BCUT2D eigenvalue weighted by Gasteiger charge is 2.30. The zero-order chi connectivity index (χ0) is 22.9. The Morgan fingerprint density at radius 3 is 2.32 bits per heavy atom. The Morgan fingerprint density at radius 1 is 1.06 bits per heavy atom. The maximum absolute atomic E-state index is 13.2. The highest BCUT2D eigenvalue weighted by molar-refractivity contribution is 6.31. The number of hydrogen-bond donors (Lipinski definition) is 1. The summed E-state index contributed by atoms with van der Waals surface area (Å²) < 4.78 is 5.70. The van der Waals surface area contributed by atoms with Gasteiger partial charge >= 0.3 is 0 Å². The minimum atomic E-state index is -0.571. The van der Waals surface area contributed by atoms with Crippen molar-refractivity contribution in [2.75, 3.05) is 6.61 Å². The van der Waals surface area contributed by atoms with E-state index in [0.29, 0.717) is 24.5 Å². The van der Waals surface area contributed by atoms with Crippen LogP contribution >= 0.6 is 11.6 Å². The second-order valence-electron chi connectivity index (χ2n) is 8.54. The van der Waals surface area contributed by atoms with Crippen LogP contribution in [0.2, 0.25) is 5.02 Å². The number of amides is 2. The summed E-state index contributed by atoms with van der Waals surface area (Å²) >= 11 is 6.34. The molecule has 2 rings (SSSR count). The fraction of sp³-hybridized carbons (Fsp3) is 0.440. The fourth-order valence-electron chi connectivity index (χ4n) is 3.26. The molecule has 0 fully saturated rings. The Morgan fingerprint density at radius 2 is 1.71 bits per heavy atom. The molecule has 31 heavy (non-hydrogen) atoms. The Kier molecular flexibility index (Phi) is 9.38. The average Bonchev–Trinajstić information content (AvgIpc) is 2.71. The van der Waals surface area contributed by atoms with E-state index >= 15 is 0 Å². The molecule has 0 aliphatic carbocycles. The number of rotatable bonds is 10. The molecule has 0 aromatic heterocycles. The highest BCUT2D eigenvalue weighted by Crippen LogP contribution is 2.21. The van der Waals surface area contributed by atoms with Crippen molar-refractivity contribution >= 4 is 23.4 Å². The van der Waals surface area contributed by atoms with Crippen LogP contribution in [0.1, 0.15) is 52.5 Å². The Labute approximate surface area is 190 Å². The van der Waals surface area contributed by atoms with Crippen LogP contribution in [0.5, 0.6) is 5.75 Å². The first kappa shape index (κ1) is 24.7. The van der Waals surface area contributed by atoms with Gasteiger partial charge in [-0.1, -0.05) is 54.9 Å². The molecule has 6 heteroatoms. The molecule has 2 aromatic rings. The molecule has 5 nitrogen and oxygen atoms in total. The third kappa shape index (κ3) is 8.25. The number of para-hydroxylation sites is 1. The van der Waals surface area contributed by atoms with E-state index in [0.717, 1.165) is 11.3 Å². The zero-order valence-corrected chi connectivity index (χ0v) is 19.6. The van der Waals surface area contributed by atoms with Crippen molar-refractivity contribution in [3.05, 3.63) is 65.2 Å². The summed E-state index contributed by atoms with van der Waals surface area (Å²) in [6, 6.07) is 16.4. The van der Waals surface area contributed by atoms with Gasteiger partial charge in [-0.2, -0.15) is 0 Å². The van der Waals surface area contributed by atoms with Crippen LogP contribution in [0.25, 0.3) is 0 Å². The number of halogens is 1. The van der Waals surface area contributed by atoms with E-state index in [-0.39, 0.29) is 30.3 Å². The summed E-state index contributed by atoms with van der Waals surface area (Å²) in [4.78, 5) is 27.8. The molecule has 0 radical (unpaired) electrons. The first-order valence-electron chi connectivity index (χ1n) is 10.7. The van der Waals surface area contributed by atoms with Gasteiger partial charge in [-0.15, -0.1) is 0 Å². The third-order valence-electron chi connectivity index (χ3n) is 4.73. The fourth-order valence-corrected chi connectivity index (χ4v) is 3.45. The van der Waals surface area contributed by atoms with Crippen LogP contribution < -0.4 is 10.1 Å². The third-order valence-corrected chi connectivity index (χ3v) is 5.10. The van der Waals surface area contributed by atoms with E-state index in [9.17, 15) is 9.59 Å². The Bertz CT molecular complexity index is 849. The van der Waals surface area contributed by atoms with Gasteiger partial charge in [0.2, 0.25) is 11.8 Å². The number of ether oxygens (including phenoxy) is 1. The van der Waals surface area contributed by atoms with Crippen molar-refractivity contribution in [1.82, 2.24) is 10.2 Å². The lowest BCUT2D eigenvalue weighted by atomic mass is 10.0. The summed E-state index contributed by atoms with van der Waals surface area (Å²) in [6.45, 7) is 8.42. The molecule has 2 amide bonds. The highest BCUT2D eigenvalue weighted by atomic mass is 35.5. The van der Waals surface area contributed by atoms with E-state index in [1.807, 2.05) is 76.2 Å². The first-order valence-corrected chi connectivity index (χ1v) is 11.1. The van der Waals surface area contributed by atoms with Crippen LogP contribution in [0.4, 0.5) is 0 Å². The molecule has 2 aromatic carbocycles. The van der Waals surface area contributed by atoms with Gasteiger partial charge in [-0.3, -0.25) is 9.59 Å². The average molecular weight is 445 g/mol. The number of carbonyl (C=O) groups excluding carboxylic acids is 2. The molecule has 1 atom stereocenters. The Balaban J connectivity index is 2.10. The number of nitrogens with one attached hydrogen (secondary N) is 1. The van der Waals surface area contributed by atoms with Crippen molar-refractivity contribution in [2.24, 2.45) is 0 Å². The number of carbonyl (C=O) groups is 2. The van der Waals surface area contributed by atoms with Gasteiger partial charge in [0.15, 0.2) is 0 Å². The van der Waals surface area contributed by atoms with Gasteiger partial charge < -0.3 is 15.0 Å². The van der Waals surface area contributed by atoms with Crippen LogP contribution in [0.15, 0.2) is 54.6 Å². The molecule has 0 saturated carbocycles. The molecule has 0 aliphatic rings. The summed E-state index contributed by atoms with van der Waals surface area (Å²) in [7, 11) is 0. The molecule has 0 aliphatic heterocycles. The molecule has 0 saturated heterocycles. The van der Waals surface area contributed by atoms with E-state index < -0.39 is 6.04 Å². The van der Waals surface area contributed by atoms with Gasteiger partial charge in [-0.25, -0.2) is 0 Å². The number of nitrogens with zero attached hydrogens (tertiary/aromatic N) is 1. The smallest absolute Gasteiger partial charge is 0.243 e. The molecule has 0 spiro atoms. The van der Waals surface area contributed by atoms with Crippen molar-refractivity contribution in [1.29, 1.82) is 0 Å². The Hall–Kier alpha value is -2.53. The molecule has 0 unspecified atom stereocenters. The second kappa shape index (κ2) is 11.8.